The van der Waals surface area contributed by atoms with Crippen LogP contribution in [0.3, 0.4) is 0 Å². The molecule has 0 amide bonds. The van der Waals surface area contributed by atoms with E-state index in [2.05, 4.69) is 150 Å². The molecule has 1 N–H and O–H groups in total. The third-order valence-electron chi connectivity index (χ3n) is 7.92. The highest BCUT2D eigenvalue weighted by Gasteiger charge is 2.21. The predicted octanol–water partition coefficient (Wildman–Crippen LogP) is 10.4. The molecule has 6 aromatic carbocycles. The van der Waals surface area contributed by atoms with Crippen molar-refractivity contribution >= 4 is 66.1 Å². The highest BCUT2D eigenvalue weighted by atomic mass is 32.1. The zero-order chi connectivity index (χ0) is 26.5. The summed E-state index contributed by atoms with van der Waals surface area (Å²) in [6.45, 7) is 0.841. The van der Waals surface area contributed by atoms with Gasteiger partial charge in [-0.3, -0.25) is 0 Å². The lowest BCUT2D eigenvalue weighted by atomic mass is 10.00. The van der Waals surface area contributed by atoms with E-state index in [9.17, 15) is 0 Å². The summed E-state index contributed by atoms with van der Waals surface area (Å²) < 4.78 is 1.31. The van der Waals surface area contributed by atoms with Gasteiger partial charge in [-0.25, -0.2) is 0 Å². The van der Waals surface area contributed by atoms with Gasteiger partial charge in [-0.2, -0.15) is 0 Å². The number of anilines is 3. The van der Waals surface area contributed by atoms with Crippen LogP contribution in [0.15, 0.2) is 134 Å². The summed E-state index contributed by atoms with van der Waals surface area (Å²) in [5.74, 6) is 0. The first-order chi connectivity index (χ1) is 19.8. The maximum Gasteiger partial charge on any atom is 0.0552 e. The minimum atomic E-state index is 0.841. The standard InChI is InChI=1S/C37H26N2S/c1-2-7-25(8-3-1)26-15-17-29(18-16-26)39(34-11-6-12-36-37(34)33-24-38-22-21-35(33)40-36)30-19-20-32-28(23-30)14-13-27-9-4-5-10-31(27)32/h1-23,38H,24H2. The Hall–Kier alpha value is -4.86. The monoisotopic (exact) mass is 530 g/mol. The van der Waals surface area contributed by atoms with Crippen LogP contribution in [-0.2, 0) is 6.54 Å². The molecule has 8 rings (SSSR count). The molecule has 40 heavy (non-hydrogen) atoms. The Morgan fingerprint density at radius 3 is 2.25 bits per heavy atom. The Morgan fingerprint density at radius 2 is 1.35 bits per heavy atom. The van der Waals surface area contributed by atoms with E-state index in [0.717, 1.165) is 17.9 Å². The molecule has 7 aromatic rings. The van der Waals surface area contributed by atoms with Gasteiger partial charge in [0.15, 0.2) is 0 Å². The summed E-state index contributed by atoms with van der Waals surface area (Å²) in [5.41, 5.74) is 7.32. The van der Waals surface area contributed by atoms with Gasteiger partial charge < -0.3 is 10.2 Å². The van der Waals surface area contributed by atoms with Gasteiger partial charge in [0.2, 0.25) is 0 Å². The van der Waals surface area contributed by atoms with Crippen LogP contribution < -0.4 is 10.2 Å². The van der Waals surface area contributed by atoms with Gasteiger partial charge in [-0.1, -0.05) is 91.0 Å². The second-order valence-electron chi connectivity index (χ2n) is 10.2. The lowest BCUT2D eigenvalue weighted by Crippen LogP contribution is -2.12. The molecule has 0 radical (unpaired) electrons. The van der Waals surface area contributed by atoms with Crippen LogP contribution in [0.5, 0.6) is 0 Å². The Bertz CT molecular complexity index is 2050. The fraction of sp³-hybridized carbons (Fsp3) is 0.0270. The smallest absolute Gasteiger partial charge is 0.0552 e. The molecule has 0 saturated carbocycles. The first kappa shape index (κ1) is 23.1. The Labute approximate surface area is 237 Å². The first-order valence-electron chi connectivity index (χ1n) is 13.6. The summed E-state index contributed by atoms with van der Waals surface area (Å²) in [7, 11) is 0. The average molecular weight is 531 g/mol. The number of nitrogens with zero attached hydrogens (tertiary/aromatic N) is 1. The number of hydrogen-bond donors (Lipinski definition) is 1. The molecule has 2 heterocycles. The third kappa shape index (κ3) is 3.78. The van der Waals surface area contributed by atoms with Gasteiger partial charge in [0.25, 0.3) is 0 Å². The Kier molecular flexibility index (Phi) is 5.42. The van der Waals surface area contributed by atoms with Gasteiger partial charge >= 0.3 is 0 Å². The normalized spacial score (nSPS) is 12.5. The van der Waals surface area contributed by atoms with Crippen LogP contribution in [0.4, 0.5) is 17.1 Å². The number of rotatable bonds is 4. The van der Waals surface area contributed by atoms with Crippen LogP contribution >= 0.6 is 11.3 Å². The molecule has 1 aliphatic rings. The third-order valence-corrected chi connectivity index (χ3v) is 9.08. The fourth-order valence-electron chi connectivity index (χ4n) is 6.00. The van der Waals surface area contributed by atoms with E-state index in [1.807, 2.05) is 11.3 Å². The number of benzene rings is 6. The molecule has 0 bridgehead atoms. The van der Waals surface area contributed by atoms with Crippen LogP contribution in [-0.4, -0.2) is 0 Å². The highest BCUT2D eigenvalue weighted by Crippen LogP contribution is 2.45. The molecular weight excluding hydrogens is 504 g/mol. The van der Waals surface area contributed by atoms with E-state index in [1.165, 1.54) is 58.9 Å². The lowest BCUT2D eigenvalue weighted by Gasteiger charge is -2.27. The number of hydrogen-bond acceptors (Lipinski definition) is 3. The second-order valence-corrected chi connectivity index (χ2v) is 11.3. The maximum absolute atomic E-state index is 3.44. The molecule has 1 aromatic heterocycles. The Balaban J connectivity index is 1.35. The highest BCUT2D eigenvalue weighted by molar-refractivity contribution is 7.20. The SMILES string of the molecule is C1=Cc2sc3cccc(N(c4ccc(-c5ccccc5)cc4)c4ccc5c(ccc6ccccc65)c4)c3c2CN1. The van der Waals surface area contributed by atoms with E-state index in [0.29, 0.717) is 0 Å². The van der Waals surface area contributed by atoms with Gasteiger partial charge in [0, 0.05) is 32.9 Å². The van der Waals surface area contributed by atoms with Crippen LogP contribution in [0.1, 0.15) is 10.4 Å². The van der Waals surface area contributed by atoms with Crippen molar-refractivity contribution in [2.75, 3.05) is 4.90 Å². The molecule has 1 aliphatic heterocycles. The van der Waals surface area contributed by atoms with Crippen LogP contribution in [0.25, 0.3) is 48.8 Å². The van der Waals surface area contributed by atoms with Gasteiger partial charge in [-0.15, -0.1) is 11.3 Å². The summed E-state index contributed by atoms with van der Waals surface area (Å²) in [6, 6.07) is 46.3. The van der Waals surface area contributed by atoms with E-state index in [-0.39, 0.29) is 0 Å². The van der Waals surface area contributed by atoms with E-state index < -0.39 is 0 Å². The minimum absolute atomic E-state index is 0.841. The largest absolute Gasteiger partial charge is 0.387 e. The topological polar surface area (TPSA) is 15.3 Å². The molecule has 3 heteroatoms. The molecule has 0 fully saturated rings. The quantitative estimate of drug-likeness (QED) is 0.228. The molecule has 190 valence electrons. The number of fused-ring (bicyclic) bond motifs is 6. The van der Waals surface area contributed by atoms with Crippen molar-refractivity contribution in [2.24, 2.45) is 0 Å². The van der Waals surface area contributed by atoms with Crippen molar-refractivity contribution in [2.45, 2.75) is 6.54 Å². The molecule has 2 nitrogen and oxygen atoms in total. The Morgan fingerprint density at radius 1 is 0.600 bits per heavy atom. The lowest BCUT2D eigenvalue weighted by molar-refractivity contribution is 0.871. The van der Waals surface area contributed by atoms with Gasteiger partial charge in [0.1, 0.15) is 0 Å². The summed E-state index contributed by atoms with van der Waals surface area (Å²) >= 11 is 1.87. The first-order valence-corrected chi connectivity index (χ1v) is 14.5. The molecule has 0 atom stereocenters. The average Bonchev–Trinajstić information content (AvgIpc) is 3.41. The predicted molar refractivity (Wildman–Crippen MR) is 173 cm³/mol. The summed E-state index contributed by atoms with van der Waals surface area (Å²) in [6.07, 6.45) is 4.26. The fourth-order valence-corrected chi connectivity index (χ4v) is 7.15. The molecule has 0 aliphatic carbocycles. The molecule has 0 spiro atoms. The van der Waals surface area contributed by atoms with Crippen molar-refractivity contribution in [3.63, 3.8) is 0 Å². The minimum Gasteiger partial charge on any atom is -0.387 e. The van der Waals surface area contributed by atoms with Gasteiger partial charge in [-0.05, 0) is 86.9 Å². The van der Waals surface area contributed by atoms with Crippen molar-refractivity contribution in [1.82, 2.24) is 5.32 Å². The summed E-state index contributed by atoms with van der Waals surface area (Å²) in [4.78, 5) is 3.77. The molecule has 0 saturated heterocycles. The van der Waals surface area contributed by atoms with E-state index >= 15 is 0 Å². The van der Waals surface area contributed by atoms with Crippen molar-refractivity contribution in [3.8, 4) is 11.1 Å². The molecule has 0 unspecified atom stereocenters. The van der Waals surface area contributed by atoms with E-state index in [4.69, 9.17) is 0 Å². The zero-order valence-electron chi connectivity index (χ0n) is 21.8. The molecular formula is C37H26N2S. The zero-order valence-corrected chi connectivity index (χ0v) is 22.7. The van der Waals surface area contributed by atoms with Crippen LogP contribution in [0, 0.1) is 0 Å². The van der Waals surface area contributed by atoms with Crippen molar-refractivity contribution in [3.05, 3.63) is 144 Å². The number of nitrogens with one attached hydrogen (secondary N) is 1. The maximum atomic E-state index is 3.44. The van der Waals surface area contributed by atoms with Crippen molar-refractivity contribution < 1.29 is 0 Å². The van der Waals surface area contributed by atoms with Crippen LogP contribution in [0.2, 0.25) is 0 Å². The van der Waals surface area contributed by atoms with Gasteiger partial charge in [0.05, 0.1) is 5.69 Å². The summed E-state index contributed by atoms with van der Waals surface area (Å²) in [5, 5.41) is 9.84. The van der Waals surface area contributed by atoms with E-state index in [1.54, 1.807) is 0 Å². The number of thiophene rings is 1. The second kappa shape index (κ2) is 9.41. The van der Waals surface area contributed by atoms with Crippen molar-refractivity contribution in [1.29, 1.82) is 0 Å².